The first-order chi connectivity index (χ1) is 12.6. The molecule has 1 heterocycles. The molecule has 0 radical (unpaired) electrons. The van der Waals surface area contributed by atoms with Gasteiger partial charge in [0.15, 0.2) is 5.75 Å². The number of ether oxygens (including phenoxy) is 2. The lowest BCUT2D eigenvalue weighted by Gasteiger charge is -2.17. The van der Waals surface area contributed by atoms with Crippen molar-refractivity contribution in [3.05, 3.63) is 64.3 Å². The summed E-state index contributed by atoms with van der Waals surface area (Å²) in [7, 11) is 1.29. The van der Waals surface area contributed by atoms with E-state index in [1.807, 2.05) is 55.5 Å². The molecule has 2 aromatic carbocycles. The van der Waals surface area contributed by atoms with Gasteiger partial charge in [0.05, 0.1) is 24.0 Å². The molecule has 5 nitrogen and oxygen atoms in total. The highest BCUT2D eigenvalue weighted by Crippen LogP contribution is 2.36. The first-order valence-electron chi connectivity index (χ1n) is 8.28. The third kappa shape index (κ3) is 3.96. The normalized spacial score (nSPS) is 10.6. The first kappa shape index (κ1) is 18.2. The number of nitrogens with one attached hydrogen (secondary N) is 1. The number of carbonyl (C=O) groups is 1. The molecule has 3 rings (SSSR count). The van der Waals surface area contributed by atoms with Gasteiger partial charge in [-0.25, -0.2) is 9.78 Å². The number of nitrogens with zero attached hydrogens (tertiary/aromatic N) is 1. The predicted octanol–water partition coefficient (Wildman–Crippen LogP) is 5.32. The summed E-state index contributed by atoms with van der Waals surface area (Å²) < 4.78 is 11.1. The van der Waals surface area contributed by atoms with Gasteiger partial charge >= 0.3 is 6.16 Å². The number of pyridine rings is 1. The minimum atomic E-state index is -0.761. The average molecular weight is 415 g/mol. The number of hydrogen-bond donors (Lipinski definition) is 1. The molecule has 0 aliphatic heterocycles. The molecule has 0 atom stereocenters. The average Bonchev–Trinajstić information content (AvgIpc) is 2.67. The molecule has 134 valence electrons. The Morgan fingerprint density at radius 3 is 2.58 bits per heavy atom. The standard InChI is InChI=1S/C20H19BrN2O3/c1-3-16-19(26-20(24)25-2)18(15-6-4-5-7-17(15)23-16)22-12-13-8-10-14(21)11-9-13/h4-11H,3,12H2,1-2H3,(H,22,23). The Morgan fingerprint density at radius 1 is 1.15 bits per heavy atom. The molecule has 3 aromatic rings. The smallest absolute Gasteiger partial charge is 0.437 e. The Morgan fingerprint density at radius 2 is 1.88 bits per heavy atom. The zero-order valence-electron chi connectivity index (χ0n) is 14.6. The number of methoxy groups -OCH3 is 1. The molecule has 26 heavy (non-hydrogen) atoms. The highest BCUT2D eigenvalue weighted by molar-refractivity contribution is 9.10. The van der Waals surface area contributed by atoms with E-state index in [-0.39, 0.29) is 0 Å². The monoisotopic (exact) mass is 414 g/mol. The number of para-hydroxylation sites is 1. The van der Waals surface area contributed by atoms with Crippen molar-refractivity contribution in [3.63, 3.8) is 0 Å². The van der Waals surface area contributed by atoms with Gasteiger partial charge in [-0.15, -0.1) is 0 Å². The van der Waals surface area contributed by atoms with Gasteiger partial charge in [0.25, 0.3) is 0 Å². The molecule has 0 bridgehead atoms. The molecule has 0 spiro atoms. The van der Waals surface area contributed by atoms with Crippen LogP contribution in [0.2, 0.25) is 0 Å². The molecule has 0 fully saturated rings. The molecular formula is C20H19BrN2O3. The minimum Gasteiger partial charge on any atom is -0.437 e. The lowest BCUT2D eigenvalue weighted by molar-refractivity contribution is 0.121. The highest BCUT2D eigenvalue weighted by atomic mass is 79.9. The summed E-state index contributed by atoms with van der Waals surface area (Å²) in [5.41, 5.74) is 3.39. The van der Waals surface area contributed by atoms with E-state index in [4.69, 9.17) is 4.74 Å². The number of aromatic nitrogens is 1. The summed E-state index contributed by atoms with van der Waals surface area (Å²) in [5.74, 6) is 0.412. The Hall–Kier alpha value is -2.60. The molecule has 1 N–H and O–H groups in total. The third-order valence-electron chi connectivity index (χ3n) is 3.99. The number of rotatable bonds is 5. The lowest BCUT2D eigenvalue weighted by atomic mass is 10.1. The van der Waals surface area contributed by atoms with E-state index in [0.717, 1.165) is 26.6 Å². The van der Waals surface area contributed by atoms with Crippen LogP contribution in [0.25, 0.3) is 10.9 Å². The Kier molecular flexibility index (Phi) is 5.73. The second-order valence-electron chi connectivity index (χ2n) is 5.67. The van der Waals surface area contributed by atoms with E-state index in [1.165, 1.54) is 7.11 Å². The molecular weight excluding hydrogens is 396 g/mol. The summed E-state index contributed by atoms with van der Waals surface area (Å²) in [4.78, 5) is 16.4. The van der Waals surface area contributed by atoms with Crippen LogP contribution in [-0.2, 0) is 17.7 Å². The van der Waals surface area contributed by atoms with E-state index in [9.17, 15) is 4.79 Å². The molecule has 0 aliphatic carbocycles. The molecule has 0 saturated heterocycles. The molecule has 0 saturated carbocycles. The van der Waals surface area contributed by atoms with Gasteiger partial charge in [-0.2, -0.15) is 0 Å². The molecule has 0 amide bonds. The van der Waals surface area contributed by atoms with Crippen LogP contribution >= 0.6 is 15.9 Å². The number of carbonyl (C=O) groups excluding carboxylic acids is 1. The lowest BCUT2D eigenvalue weighted by Crippen LogP contribution is -2.13. The fourth-order valence-electron chi connectivity index (χ4n) is 2.69. The zero-order valence-corrected chi connectivity index (χ0v) is 16.2. The Labute approximate surface area is 160 Å². The van der Waals surface area contributed by atoms with E-state index in [2.05, 4.69) is 31.0 Å². The van der Waals surface area contributed by atoms with Crippen molar-refractivity contribution in [2.24, 2.45) is 0 Å². The fraction of sp³-hybridized carbons (Fsp3) is 0.200. The van der Waals surface area contributed by atoms with E-state index in [0.29, 0.717) is 24.4 Å². The van der Waals surface area contributed by atoms with Crippen molar-refractivity contribution >= 4 is 38.7 Å². The second-order valence-corrected chi connectivity index (χ2v) is 6.59. The first-order valence-corrected chi connectivity index (χ1v) is 9.07. The van der Waals surface area contributed by atoms with Gasteiger partial charge in [0.2, 0.25) is 0 Å². The molecule has 0 unspecified atom stereocenters. The minimum absolute atomic E-state index is 0.412. The quantitative estimate of drug-likeness (QED) is 0.572. The second kappa shape index (κ2) is 8.19. The molecule has 0 aliphatic rings. The van der Waals surface area contributed by atoms with Crippen LogP contribution in [0.5, 0.6) is 5.75 Å². The molecule has 1 aromatic heterocycles. The topological polar surface area (TPSA) is 60.5 Å². The van der Waals surface area contributed by atoms with Crippen molar-refractivity contribution in [1.29, 1.82) is 0 Å². The van der Waals surface area contributed by atoms with Crippen molar-refractivity contribution in [3.8, 4) is 5.75 Å². The number of aryl methyl sites for hydroxylation is 1. The van der Waals surface area contributed by atoms with Crippen LogP contribution < -0.4 is 10.1 Å². The maximum Gasteiger partial charge on any atom is 0.513 e. The van der Waals surface area contributed by atoms with Crippen molar-refractivity contribution in [1.82, 2.24) is 4.98 Å². The number of fused-ring (bicyclic) bond motifs is 1. The van der Waals surface area contributed by atoms with Crippen LogP contribution in [0.15, 0.2) is 53.0 Å². The van der Waals surface area contributed by atoms with Gasteiger partial charge in [-0.05, 0) is 30.2 Å². The van der Waals surface area contributed by atoms with E-state index in [1.54, 1.807) is 0 Å². The number of hydrogen-bond acceptors (Lipinski definition) is 5. The SMILES string of the molecule is CCc1nc2ccccc2c(NCc2ccc(Br)cc2)c1OC(=O)OC. The van der Waals surface area contributed by atoms with Crippen molar-refractivity contribution < 1.29 is 14.3 Å². The third-order valence-corrected chi connectivity index (χ3v) is 4.52. The summed E-state index contributed by atoms with van der Waals surface area (Å²) in [6.07, 6.45) is -0.132. The van der Waals surface area contributed by atoms with Crippen LogP contribution in [0.3, 0.4) is 0 Å². The zero-order chi connectivity index (χ0) is 18.5. The maximum absolute atomic E-state index is 11.7. The van der Waals surface area contributed by atoms with Gasteiger partial charge in [0.1, 0.15) is 0 Å². The summed E-state index contributed by atoms with van der Waals surface area (Å²) in [5, 5.41) is 4.30. The summed E-state index contributed by atoms with van der Waals surface area (Å²) >= 11 is 3.44. The maximum atomic E-state index is 11.7. The van der Waals surface area contributed by atoms with Crippen LogP contribution in [-0.4, -0.2) is 18.2 Å². The number of benzene rings is 2. The summed E-state index contributed by atoms with van der Waals surface area (Å²) in [6.45, 7) is 2.56. The van der Waals surface area contributed by atoms with Gasteiger partial charge in [-0.3, -0.25) is 0 Å². The van der Waals surface area contributed by atoms with Gasteiger partial charge in [-0.1, -0.05) is 53.2 Å². The van der Waals surface area contributed by atoms with Crippen molar-refractivity contribution in [2.45, 2.75) is 19.9 Å². The van der Waals surface area contributed by atoms with E-state index >= 15 is 0 Å². The largest absolute Gasteiger partial charge is 0.513 e. The van der Waals surface area contributed by atoms with Crippen LogP contribution in [0.4, 0.5) is 10.5 Å². The van der Waals surface area contributed by atoms with E-state index < -0.39 is 6.16 Å². The highest BCUT2D eigenvalue weighted by Gasteiger charge is 2.18. The Balaban J connectivity index is 2.05. The van der Waals surface area contributed by atoms with Crippen LogP contribution in [0.1, 0.15) is 18.2 Å². The summed E-state index contributed by atoms with van der Waals surface area (Å²) in [6, 6.07) is 15.8. The van der Waals surface area contributed by atoms with Gasteiger partial charge in [0, 0.05) is 16.4 Å². The predicted molar refractivity (Wildman–Crippen MR) is 106 cm³/mol. The number of anilines is 1. The molecule has 6 heteroatoms. The number of halogens is 1. The van der Waals surface area contributed by atoms with Crippen LogP contribution in [0, 0.1) is 0 Å². The van der Waals surface area contributed by atoms with Crippen molar-refractivity contribution in [2.75, 3.05) is 12.4 Å². The van der Waals surface area contributed by atoms with Gasteiger partial charge < -0.3 is 14.8 Å². The Bertz CT molecular complexity index is 926. The fourth-order valence-corrected chi connectivity index (χ4v) is 2.95.